The lowest BCUT2D eigenvalue weighted by molar-refractivity contribution is 0.592. The summed E-state index contributed by atoms with van der Waals surface area (Å²) in [6.45, 7) is 0. The maximum Gasteiger partial charge on any atom is 0.247 e. The summed E-state index contributed by atoms with van der Waals surface area (Å²) in [6.07, 6.45) is 0. The van der Waals surface area contributed by atoms with Gasteiger partial charge >= 0.3 is 0 Å². The topological polar surface area (TPSA) is 32.9 Å². The molecule has 0 saturated carbocycles. The quantitative estimate of drug-likeness (QED) is 0.607. The van der Waals surface area contributed by atoms with Crippen LogP contribution in [0, 0.1) is 11.6 Å². The van der Waals surface area contributed by atoms with Crippen molar-refractivity contribution in [2.24, 2.45) is 0 Å². The third-order valence-corrected chi connectivity index (χ3v) is 1.89. The van der Waals surface area contributed by atoms with Gasteiger partial charge in [-0.25, -0.2) is 8.78 Å². The van der Waals surface area contributed by atoms with Crippen LogP contribution in [-0.2, 0) is 0 Å². The SMILES string of the molecule is [B]c1cc(=O)[nH]c2cc(F)cc(F)c12. The second-order valence-electron chi connectivity index (χ2n) is 2.90. The number of aromatic nitrogens is 1. The van der Waals surface area contributed by atoms with Crippen molar-refractivity contribution in [3.8, 4) is 0 Å². The average Bonchev–Trinajstić information content (AvgIpc) is 1.99. The third-order valence-electron chi connectivity index (χ3n) is 1.89. The van der Waals surface area contributed by atoms with Gasteiger partial charge in [0.2, 0.25) is 5.56 Å². The molecule has 2 nitrogen and oxygen atoms in total. The Balaban J connectivity index is 3.01. The predicted octanol–water partition coefficient (Wildman–Crippen LogP) is 0.600. The molecular formula is C9H4BF2NO. The molecule has 0 aliphatic rings. The van der Waals surface area contributed by atoms with Gasteiger partial charge in [-0.2, -0.15) is 0 Å². The maximum absolute atomic E-state index is 13.2. The Morgan fingerprint density at radius 1 is 1.21 bits per heavy atom. The van der Waals surface area contributed by atoms with Gasteiger partial charge in [-0.05, 0) is 12.1 Å². The van der Waals surface area contributed by atoms with E-state index in [0.29, 0.717) is 0 Å². The second kappa shape index (κ2) is 2.94. The Labute approximate surface area is 79.0 Å². The fraction of sp³-hybridized carbons (Fsp3) is 0. The molecular weight excluding hydrogens is 187 g/mol. The smallest absolute Gasteiger partial charge is 0.247 e. The molecule has 2 rings (SSSR count). The first-order valence-electron chi connectivity index (χ1n) is 3.85. The van der Waals surface area contributed by atoms with Gasteiger partial charge in [0.1, 0.15) is 19.5 Å². The summed E-state index contributed by atoms with van der Waals surface area (Å²) in [5.41, 5.74) is -0.422. The zero-order chi connectivity index (χ0) is 10.3. The Morgan fingerprint density at radius 2 is 1.93 bits per heavy atom. The lowest BCUT2D eigenvalue weighted by Gasteiger charge is -2.02. The van der Waals surface area contributed by atoms with Gasteiger partial charge in [-0.15, -0.1) is 0 Å². The highest BCUT2D eigenvalue weighted by atomic mass is 19.1. The number of hydrogen-bond acceptors (Lipinski definition) is 1. The van der Waals surface area contributed by atoms with E-state index in [4.69, 9.17) is 7.85 Å². The number of benzene rings is 1. The van der Waals surface area contributed by atoms with Gasteiger partial charge in [-0.3, -0.25) is 4.79 Å². The summed E-state index contributed by atoms with van der Waals surface area (Å²) in [5.74, 6) is -1.54. The van der Waals surface area contributed by atoms with Crippen molar-refractivity contribution in [1.29, 1.82) is 0 Å². The highest BCUT2D eigenvalue weighted by Gasteiger charge is 2.06. The fourth-order valence-electron chi connectivity index (χ4n) is 1.35. The zero-order valence-electron chi connectivity index (χ0n) is 6.97. The van der Waals surface area contributed by atoms with Crippen molar-refractivity contribution in [1.82, 2.24) is 4.98 Å². The lowest BCUT2D eigenvalue weighted by Crippen LogP contribution is -2.17. The van der Waals surface area contributed by atoms with Crippen LogP contribution in [0.1, 0.15) is 0 Å². The largest absolute Gasteiger partial charge is 0.322 e. The van der Waals surface area contributed by atoms with Gasteiger partial charge in [0.05, 0.1) is 5.52 Å². The highest BCUT2D eigenvalue weighted by Crippen LogP contribution is 2.13. The van der Waals surface area contributed by atoms with E-state index in [-0.39, 0.29) is 16.4 Å². The number of aromatic amines is 1. The van der Waals surface area contributed by atoms with Crippen molar-refractivity contribution in [2.75, 3.05) is 0 Å². The number of halogens is 2. The molecule has 0 saturated heterocycles. The number of fused-ring (bicyclic) bond motifs is 1. The van der Waals surface area contributed by atoms with Gasteiger partial charge in [-0.1, -0.05) is 5.46 Å². The van der Waals surface area contributed by atoms with Gasteiger partial charge in [0.15, 0.2) is 0 Å². The molecule has 0 spiro atoms. The Hall–Kier alpha value is -1.65. The number of nitrogens with one attached hydrogen (secondary N) is 1. The minimum absolute atomic E-state index is 0.00116. The predicted molar refractivity (Wildman–Crippen MR) is 49.9 cm³/mol. The second-order valence-corrected chi connectivity index (χ2v) is 2.90. The normalized spacial score (nSPS) is 10.7. The molecule has 5 heteroatoms. The van der Waals surface area contributed by atoms with Crippen LogP contribution < -0.4 is 11.0 Å². The Bertz CT molecular complexity index is 564. The summed E-state index contributed by atoms with van der Waals surface area (Å²) in [5, 5.41) is 0.0333. The molecule has 1 aromatic heterocycles. The summed E-state index contributed by atoms with van der Waals surface area (Å²) in [6, 6.07) is 2.80. The molecule has 0 fully saturated rings. The van der Waals surface area contributed by atoms with E-state index in [1.807, 2.05) is 0 Å². The highest BCUT2D eigenvalue weighted by molar-refractivity contribution is 6.38. The zero-order valence-corrected chi connectivity index (χ0v) is 6.97. The summed E-state index contributed by atoms with van der Waals surface area (Å²) in [4.78, 5) is 13.2. The van der Waals surface area contributed by atoms with E-state index in [9.17, 15) is 13.6 Å². The molecule has 0 atom stereocenters. The first kappa shape index (κ1) is 8.93. The van der Waals surface area contributed by atoms with Crippen molar-refractivity contribution < 1.29 is 8.78 Å². The van der Waals surface area contributed by atoms with E-state index in [2.05, 4.69) is 4.98 Å². The minimum Gasteiger partial charge on any atom is -0.322 e. The van der Waals surface area contributed by atoms with Gasteiger partial charge in [0.25, 0.3) is 0 Å². The van der Waals surface area contributed by atoms with Crippen LogP contribution in [0.2, 0.25) is 0 Å². The number of rotatable bonds is 0. The number of H-pyrrole nitrogens is 1. The Morgan fingerprint density at radius 3 is 2.64 bits per heavy atom. The van der Waals surface area contributed by atoms with Crippen LogP contribution in [-0.4, -0.2) is 12.8 Å². The van der Waals surface area contributed by atoms with Crippen LogP contribution >= 0.6 is 0 Å². The monoisotopic (exact) mass is 191 g/mol. The van der Waals surface area contributed by atoms with Gasteiger partial charge in [0, 0.05) is 11.5 Å². The molecule has 0 amide bonds. The van der Waals surface area contributed by atoms with Crippen LogP contribution in [0.15, 0.2) is 23.0 Å². The molecule has 1 N–H and O–H groups in total. The first-order chi connectivity index (χ1) is 6.58. The molecule has 0 bridgehead atoms. The summed E-state index contributed by atoms with van der Waals surface area (Å²) in [7, 11) is 5.43. The standard InChI is InChI=1S/C9H4BF2NO/c10-5-3-8(14)13-7-2-4(11)1-6(12)9(5)7/h1-3H,(H,13,14). The fourth-order valence-corrected chi connectivity index (χ4v) is 1.35. The van der Waals surface area contributed by atoms with E-state index in [1.54, 1.807) is 0 Å². The molecule has 0 unspecified atom stereocenters. The number of hydrogen-bond donors (Lipinski definition) is 1. The van der Waals surface area contributed by atoms with Crippen molar-refractivity contribution in [3.63, 3.8) is 0 Å². The summed E-state index contributed by atoms with van der Waals surface area (Å²) < 4.78 is 26.0. The van der Waals surface area contributed by atoms with Crippen LogP contribution in [0.25, 0.3) is 10.9 Å². The Kier molecular flexibility index (Phi) is 1.87. The van der Waals surface area contributed by atoms with Crippen molar-refractivity contribution in [2.45, 2.75) is 0 Å². The first-order valence-corrected chi connectivity index (χ1v) is 3.85. The molecule has 68 valence electrons. The molecule has 2 aromatic rings. The third kappa shape index (κ3) is 1.30. The summed E-state index contributed by atoms with van der Waals surface area (Å²) >= 11 is 0. The van der Waals surface area contributed by atoms with E-state index in [1.165, 1.54) is 0 Å². The van der Waals surface area contributed by atoms with Crippen LogP contribution in [0.5, 0.6) is 0 Å². The molecule has 0 aliphatic carbocycles. The van der Waals surface area contributed by atoms with E-state index < -0.39 is 17.2 Å². The van der Waals surface area contributed by atoms with Crippen LogP contribution in [0.3, 0.4) is 0 Å². The average molecular weight is 191 g/mol. The van der Waals surface area contributed by atoms with Crippen molar-refractivity contribution in [3.05, 3.63) is 40.2 Å². The molecule has 1 heterocycles. The lowest BCUT2D eigenvalue weighted by atomic mass is 9.92. The van der Waals surface area contributed by atoms with Crippen LogP contribution in [0.4, 0.5) is 8.78 Å². The van der Waals surface area contributed by atoms with E-state index >= 15 is 0 Å². The maximum atomic E-state index is 13.2. The molecule has 0 aliphatic heterocycles. The van der Waals surface area contributed by atoms with E-state index in [0.717, 1.165) is 18.2 Å². The molecule has 1 aromatic carbocycles. The van der Waals surface area contributed by atoms with Gasteiger partial charge < -0.3 is 4.98 Å². The molecule has 2 radical (unpaired) electrons. The molecule has 14 heavy (non-hydrogen) atoms. The number of pyridine rings is 1. The van der Waals surface area contributed by atoms with Crippen molar-refractivity contribution >= 4 is 24.2 Å². The minimum atomic E-state index is -0.784.